The van der Waals surface area contributed by atoms with Gasteiger partial charge in [-0.2, -0.15) is 0 Å². The summed E-state index contributed by atoms with van der Waals surface area (Å²) in [6.45, 7) is 0.172. The summed E-state index contributed by atoms with van der Waals surface area (Å²) in [5.41, 5.74) is 1.22. The molecule has 0 aliphatic rings. The van der Waals surface area contributed by atoms with Crippen LogP contribution in [0.2, 0.25) is 0 Å². The van der Waals surface area contributed by atoms with Crippen molar-refractivity contribution in [3.8, 4) is 5.75 Å². The lowest BCUT2D eigenvalue weighted by Gasteiger charge is -2.20. The molecule has 0 saturated heterocycles. The van der Waals surface area contributed by atoms with Gasteiger partial charge in [-0.15, -0.1) is 0 Å². The van der Waals surface area contributed by atoms with Crippen molar-refractivity contribution in [1.82, 2.24) is 4.98 Å². The zero-order valence-electron chi connectivity index (χ0n) is 17.1. The normalized spacial score (nSPS) is 11.0. The lowest BCUT2D eigenvalue weighted by atomic mass is 10.1. The van der Waals surface area contributed by atoms with Crippen LogP contribution in [0.1, 0.15) is 5.56 Å². The Kier molecular flexibility index (Phi) is 5.52. The maximum Gasteiger partial charge on any atom is 0.267 e. The molecule has 5 aromatic rings. The smallest absolute Gasteiger partial charge is 0.267 e. The first kappa shape index (κ1) is 20.2. The maximum atomic E-state index is 14.2. The van der Waals surface area contributed by atoms with E-state index in [2.05, 4.69) is 4.98 Å². The Hall–Kier alpha value is -3.77. The number of carbonyl (C=O) groups is 1. The predicted molar refractivity (Wildman–Crippen MR) is 127 cm³/mol. The van der Waals surface area contributed by atoms with Crippen LogP contribution in [0.5, 0.6) is 5.75 Å². The molecule has 158 valence electrons. The van der Waals surface area contributed by atoms with Crippen LogP contribution >= 0.6 is 11.3 Å². The summed E-state index contributed by atoms with van der Waals surface area (Å²) in [6.07, 6.45) is 0. The Bertz CT molecular complexity index is 1400. The molecule has 0 fully saturated rings. The lowest BCUT2D eigenvalue weighted by molar-refractivity contribution is -0.120. The Morgan fingerprint density at radius 2 is 1.69 bits per heavy atom. The molecule has 1 amide bonds. The van der Waals surface area contributed by atoms with Crippen LogP contribution in [0.15, 0.2) is 91.0 Å². The number of fused-ring (bicyclic) bond motifs is 2. The molecule has 1 aromatic heterocycles. The van der Waals surface area contributed by atoms with Gasteiger partial charge in [0.1, 0.15) is 17.1 Å². The standard InChI is InChI=1S/C26H19FN2O2S/c27-22-11-6-12-23-25(22)28-26(32-23)29(16-18-7-2-1-3-8-18)24(30)17-31-21-14-13-19-9-4-5-10-20(19)15-21/h1-15H,16-17H2. The van der Waals surface area contributed by atoms with Crippen molar-refractivity contribution in [2.24, 2.45) is 0 Å². The highest BCUT2D eigenvalue weighted by atomic mass is 32.1. The van der Waals surface area contributed by atoms with Gasteiger partial charge in [0.05, 0.1) is 11.2 Å². The number of amides is 1. The molecule has 0 aliphatic carbocycles. The van der Waals surface area contributed by atoms with E-state index in [1.54, 1.807) is 17.0 Å². The number of halogens is 1. The van der Waals surface area contributed by atoms with Crippen molar-refractivity contribution in [2.45, 2.75) is 6.54 Å². The molecule has 1 heterocycles. The van der Waals surface area contributed by atoms with Crippen molar-refractivity contribution in [3.63, 3.8) is 0 Å². The minimum Gasteiger partial charge on any atom is -0.484 e. The number of ether oxygens (including phenoxy) is 1. The van der Waals surface area contributed by atoms with Gasteiger partial charge in [0.15, 0.2) is 11.7 Å². The van der Waals surface area contributed by atoms with E-state index in [1.807, 2.05) is 72.8 Å². The number of thiazole rings is 1. The zero-order valence-corrected chi connectivity index (χ0v) is 17.9. The molecule has 0 atom stereocenters. The first-order valence-electron chi connectivity index (χ1n) is 10.2. The molecule has 0 spiro atoms. The number of hydrogen-bond donors (Lipinski definition) is 0. The lowest BCUT2D eigenvalue weighted by Crippen LogP contribution is -2.34. The average Bonchev–Trinajstić information content (AvgIpc) is 3.27. The Balaban J connectivity index is 1.41. The van der Waals surface area contributed by atoms with Crippen molar-refractivity contribution >= 4 is 43.4 Å². The van der Waals surface area contributed by atoms with E-state index in [-0.39, 0.29) is 18.0 Å². The first-order valence-corrected chi connectivity index (χ1v) is 11.0. The molecule has 0 saturated carbocycles. The van der Waals surface area contributed by atoms with Gasteiger partial charge in [-0.05, 0) is 40.6 Å². The van der Waals surface area contributed by atoms with Crippen LogP contribution in [-0.2, 0) is 11.3 Å². The average molecular weight is 443 g/mol. The van der Waals surface area contributed by atoms with Crippen molar-refractivity contribution in [1.29, 1.82) is 0 Å². The summed E-state index contributed by atoms with van der Waals surface area (Å²) in [4.78, 5) is 19.2. The topological polar surface area (TPSA) is 42.4 Å². The summed E-state index contributed by atoms with van der Waals surface area (Å²) in [5.74, 6) is -0.0296. The van der Waals surface area contributed by atoms with Gasteiger partial charge in [0, 0.05) is 0 Å². The third-order valence-corrected chi connectivity index (χ3v) is 6.20. The molecule has 6 heteroatoms. The number of hydrogen-bond acceptors (Lipinski definition) is 4. The SMILES string of the molecule is O=C(COc1ccc2ccccc2c1)N(Cc1ccccc1)c1nc2c(F)cccc2s1. The molecule has 0 unspecified atom stereocenters. The Morgan fingerprint density at radius 1 is 0.906 bits per heavy atom. The van der Waals surface area contributed by atoms with Gasteiger partial charge in [0.25, 0.3) is 5.91 Å². The molecule has 0 radical (unpaired) electrons. The summed E-state index contributed by atoms with van der Waals surface area (Å²) in [7, 11) is 0. The monoisotopic (exact) mass is 442 g/mol. The number of rotatable bonds is 6. The number of carbonyl (C=O) groups excluding carboxylic acids is 1. The predicted octanol–water partition coefficient (Wildman–Crippen LogP) is 6.20. The second-order valence-corrected chi connectivity index (χ2v) is 8.36. The molecule has 0 bridgehead atoms. The van der Waals surface area contributed by atoms with Gasteiger partial charge in [-0.3, -0.25) is 9.69 Å². The second-order valence-electron chi connectivity index (χ2n) is 7.35. The highest BCUT2D eigenvalue weighted by Crippen LogP contribution is 2.31. The van der Waals surface area contributed by atoms with Gasteiger partial charge >= 0.3 is 0 Å². The van der Waals surface area contributed by atoms with E-state index in [0.29, 0.717) is 22.1 Å². The van der Waals surface area contributed by atoms with Crippen LogP contribution in [0, 0.1) is 5.82 Å². The van der Waals surface area contributed by atoms with E-state index < -0.39 is 5.82 Å². The molecule has 5 rings (SSSR count). The van der Waals surface area contributed by atoms with Crippen LogP contribution in [0.25, 0.3) is 21.0 Å². The van der Waals surface area contributed by atoms with Crippen molar-refractivity contribution in [3.05, 3.63) is 102 Å². The number of para-hydroxylation sites is 1. The zero-order chi connectivity index (χ0) is 21.9. The fourth-order valence-corrected chi connectivity index (χ4v) is 4.52. The van der Waals surface area contributed by atoms with Crippen LogP contribution < -0.4 is 9.64 Å². The Labute approximate surface area is 188 Å². The molecule has 0 aliphatic heterocycles. The summed E-state index contributed by atoms with van der Waals surface area (Å²) in [6, 6.07) is 28.2. The van der Waals surface area contributed by atoms with E-state index in [9.17, 15) is 9.18 Å². The summed E-state index contributed by atoms with van der Waals surface area (Å²) >= 11 is 1.29. The van der Waals surface area contributed by atoms with E-state index in [0.717, 1.165) is 16.3 Å². The second kappa shape index (κ2) is 8.77. The number of aromatic nitrogens is 1. The highest BCUT2D eigenvalue weighted by molar-refractivity contribution is 7.22. The fraction of sp³-hybridized carbons (Fsp3) is 0.0769. The summed E-state index contributed by atoms with van der Waals surface area (Å²) < 4.78 is 20.7. The molecular formula is C26H19FN2O2S. The van der Waals surface area contributed by atoms with Gasteiger partial charge < -0.3 is 4.74 Å². The largest absolute Gasteiger partial charge is 0.484 e. The van der Waals surface area contributed by atoms with E-state index in [1.165, 1.54) is 17.4 Å². The molecular weight excluding hydrogens is 423 g/mol. The highest BCUT2D eigenvalue weighted by Gasteiger charge is 2.22. The van der Waals surface area contributed by atoms with Crippen LogP contribution in [-0.4, -0.2) is 17.5 Å². The molecule has 4 aromatic carbocycles. The quantitative estimate of drug-likeness (QED) is 0.314. The molecule has 32 heavy (non-hydrogen) atoms. The first-order chi connectivity index (χ1) is 15.7. The minimum absolute atomic E-state index is 0.149. The van der Waals surface area contributed by atoms with E-state index in [4.69, 9.17) is 4.74 Å². The van der Waals surface area contributed by atoms with Crippen LogP contribution in [0.3, 0.4) is 0 Å². The van der Waals surface area contributed by atoms with Crippen molar-refractivity contribution < 1.29 is 13.9 Å². The maximum absolute atomic E-state index is 14.2. The fourth-order valence-electron chi connectivity index (χ4n) is 3.53. The summed E-state index contributed by atoms with van der Waals surface area (Å²) in [5, 5.41) is 2.59. The molecule has 0 N–H and O–H groups in total. The number of anilines is 1. The van der Waals surface area contributed by atoms with Gasteiger partial charge in [-0.25, -0.2) is 9.37 Å². The number of nitrogens with zero attached hydrogens (tertiary/aromatic N) is 2. The van der Waals surface area contributed by atoms with Crippen LogP contribution in [0.4, 0.5) is 9.52 Å². The Morgan fingerprint density at radius 3 is 2.50 bits per heavy atom. The third-order valence-electron chi connectivity index (χ3n) is 5.16. The minimum atomic E-state index is -0.399. The number of benzene rings is 4. The van der Waals surface area contributed by atoms with E-state index >= 15 is 0 Å². The van der Waals surface area contributed by atoms with Gasteiger partial charge in [-0.1, -0.05) is 78.1 Å². The van der Waals surface area contributed by atoms with Gasteiger partial charge in [0.2, 0.25) is 0 Å². The third kappa shape index (κ3) is 4.18. The molecule has 4 nitrogen and oxygen atoms in total. The van der Waals surface area contributed by atoms with Crippen molar-refractivity contribution in [2.75, 3.05) is 11.5 Å².